The Kier molecular flexibility index (Phi) is 8.50. The number of pyridine rings is 2. The summed E-state index contributed by atoms with van der Waals surface area (Å²) < 4.78 is 53.5. The van der Waals surface area contributed by atoms with Crippen LogP contribution in [0.3, 0.4) is 0 Å². The van der Waals surface area contributed by atoms with Gasteiger partial charge in [0, 0.05) is 35.0 Å². The van der Waals surface area contributed by atoms with Crippen LogP contribution in [-0.4, -0.2) is 48.0 Å². The van der Waals surface area contributed by atoms with Crippen LogP contribution in [0.2, 0.25) is 10.0 Å². The molecule has 5 aromatic rings. The Morgan fingerprint density at radius 3 is 1.67 bits per heavy atom. The predicted molar refractivity (Wildman–Crippen MR) is 175 cm³/mol. The average Bonchev–Trinajstić information content (AvgIpc) is 3.33. The lowest BCUT2D eigenvalue weighted by Gasteiger charge is -2.40. The van der Waals surface area contributed by atoms with Gasteiger partial charge in [-0.25, -0.2) is 9.69 Å². The summed E-state index contributed by atoms with van der Waals surface area (Å²) >= 11 is 13.7. The second kappa shape index (κ2) is 12.3. The Labute approximate surface area is 282 Å². The number of benzene rings is 3. The van der Waals surface area contributed by atoms with E-state index in [2.05, 4.69) is 20.0 Å². The minimum atomic E-state index is -4.92. The number of fused-ring (bicyclic) bond motifs is 2. The molecule has 48 heavy (non-hydrogen) atoms. The number of hydrogen-bond acceptors (Lipinski definition) is 7. The van der Waals surface area contributed by atoms with Crippen molar-refractivity contribution in [3.8, 4) is 17.2 Å². The van der Waals surface area contributed by atoms with E-state index in [0.29, 0.717) is 44.4 Å². The molecule has 6 rings (SSSR count). The predicted octanol–water partition coefficient (Wildman–Crippen LogP) is 8.41. The van der Waals surface area contributed by atoms with E-state index in [1.807, 2.05) is 0 Å². The van der Waals surface area contributed by atoms with Gasteiger partial charge in [-0.05, 0) is 71.8 Å². The number of imide groups is 1. The van der Waals surface area contributed by atoms with Gasteiger partial charge in [-0.3, -0.25) is 14.8 Å². The van der Waals surface area contributed by atoms with Crippen molar-refractivity contribution in [2.45, 2.75) is 37.6 Å². The molecule has 1 aliphatic heterocycles. The van der Waals surface area contributed by atoms with Crippen LogP contribution in [0.4, 0.5) is 23.7 Å². The summed E-state index contributed by atoms with van der Waals surface area (Å²) in [4.78, 5) is 38.7. The Bertz CT molecular complexity index is 1980. The van der Waals surface area contributed by atoms with E-state index in [9.17, 15) is 22.8 Å². The van der Waals surface area contributed by atoms with Crippen LogP contribution >= 0.6 is 23.2 Å². The standard InChI is InChI=1S/C34H27Cl2F3N4O5/c1-17(29-23-13-21(46-3)9-11-27(23)40-15-25(29)35)33(18(2)30-24-14-22(47-4)10-12-28(24)41-16-26(30)36)31(44)43(32(45)42-33)19-5-7-20(8-6-19)48-34(37,38)39/h5-18H,1-4H3,(H,42,45). The SMILES string of the molecule is COc1ccc2ncc(Cl)c(C(C)C3(C(C)c4c(Cl)cnc5ccc(OC)cc45)NC(=O)N(c4ccc(OC(F)(F)F)cc4)C3=O)c2c1. The van der Waals surface area contributed by atoms with Crippen LogP contribution in [0.1, 0.15) is 36.8 Å². The fourth-order valence-corrected chi connectivity index (χ4v) is 7.11. The first-order valence-corrected chi connectivity index (χ1v) is 15.3. The lowest BCUT2D eigenvalue weighted by atomic mass is 9.68. The van der Waals surface area contributed by atoms with E-state index in [0.717, 1.165) is 17.0 Å². The Hall–Kier alpha value is -4.81. The monoisotopic (exact) mass is 698 g/mol. The van der Waals surface area contributed by atoms with Crippen molar-refractivity contribution < 1.29 is 37.0 Å². The third kappa shape index (κ3) is 5.58. The molecule has 3 amide bonds. The number of rotatable bonds is 8. The molecular formula is C34H27Cl2F3N4O5. The highest BCUT2D eigenvalue weighted by atomic mass is 35.5. The van der Waals surface area contributed by atoms with Gasteiger partial charge >= 0.3 is 12.4 Å². The molecule has 0 spiro atoms. The molecule has 0 aliphatic carbocycles. The van der Waals surface area contributed by atoms with Gasteiger partial charge in [-0.15, -0.1) is 13.2 Å². The lowest BCUT2D eigenvalue weighted by Crippen LogP contribution is -2.55. The maximum atomic E-state index is 15.0. The van der Waals surface area contributed by atoms with Gasteiger partial charge in [0.1, 0.15) is 22.8 Å². The van der Waals surface area contributed by atoms with Crippen LogP contribution in [0.5, 0.6) is 17.2 Å². The van der Waals surface area contributed by atoms with Crippen molar-refractivity contribution in [2.75, 3.05) is 19.1 Å². The Morgan fingerprint density at radius 1 is 0.771 bits per heavy atom. The number of carbonyl (C=O) groups is 2. The van der Waals surface area contributed by atoms with E-state index in [1.54, 1.807) is 50.2 Å². The summed E-state index contributed by atoms with van der Waals surface area (Å²) in [6.07, 6.45) is -1.98. The smallest absolute Gasteiger partial charge is 0.497 e. The van der Waals surface area contributed by atoms with Gasteiger partial charge < -0.3 is 19.5 Å². The number of carbonyl (C=O) groups excluding carboxylic acids is 2. The average molecular weight is 700 g/mol. The van der Waals surface area contributed by atoms with Gasteiger partial charge in [0.2, 0.25) is 0 Å². The fourth-order valence-electron chi connectivity index (χ4n) is 6.48. The summed E-state index contributed by atoms with van der Waals surface area (Å²) in [6.45, 7) is 3.52. The highest BCUT2D eigenvalue weighted by Crippen LogP contribution is 2.50. The molecule has 1 aliphatic rings. The summed E-state index contributed by atoms with van der Waals surface area (Å²) in [5, 5.41) is 4.60. The first-order chi connectivity index (χ1) is 22.8. The first-order valence-electron chi connectivity index (χ1n) is 14.6. The normalized spacial score (nSPS) is 17.8. The molecule has 2 atom stereocenters. The quantitative estimate of drug-likeness (QED) is 0.162. The minimum absolute atomic E-state index is 0.0213. The molecule has 9 nitrogen and oxygen atoms in total. The Morgan fingerprint density at radius 2 is 1.23 bits per heavy atom. The Balaban J connectivity index is 1.58. The van der Waals surface area contributed by atoms with E-state index in [-0.39, 0.29) is 15.7 Å². The van der Waals surface area contributed by atoms with Gasteiger partial charge in [0.05, 0.1) is 41.0 Å². The first kappa shape index (κ1) is 33.1. The second-order valence-corrected chi connectivity index (χ2v) is 12.0. The molecule has 1 fully saturated rings. The van der Waals surface area contributed by atoms with Crippen molar-refractivity contribution in [1.82, 2.24) is 15.3 Å². The van der Waals surface area contributed by atoms with Crippen LogP contribution in [0, 0.1) is 0 Å². The molecule has 1 saturated heterocycles. The maximum Gasteiger partial charge on any atom is 0.573 e. The van der Waals surface area contributed by atoms with E-state index in [1.165, 1.54) is 38.7 Å². The van der Waals surface area contributed by atoms with E-state index in [4.69, 9.17) is 32.7 Å². The molecule has 14 heteroatoms. The summed E-state index contributed by atoms with van der Waals surface area (Å²) in [5.41, 5.74) is 0.396. The number of aromatic nitrogens is 2. The van der Waals surface area contributed by atoms with Crippen LogP contribution in [-0.2, 0) is 4.79 Å². The van der Waals surface area contributed by atoms with Crippen molar-refractivity contribution in [1.29, 1.82) is 0 Å². The van der Waals surface area contributed by atoms with Crippen molar-refractivity contribution >= 4 is 62.6 Å². The number of nitrogens with one attached hydrogen (secondary N) is 1. The highest BCUT2D eigenvalue weighted by molar-refractivity contribution is 6.33. The van der Waals surface area contributed by atoms with Crippen molar-refractivity contribution in [3.63, 3.8) is 0 Å². The van der Waals surface area contributed by atoms with Gasteiger partial charge in [-0.1, -0.05) is 37.0 Å². The molecule has 0 bridgehead atoms. The number of ether oxygens (including phenoxy) is 3. The zero-order valence-electron chi connectivity index (χ0n) is 25.9. The van der Waals surface area contributed by atoms with Crippen LogP contribution < -0.4 is 24.4 Å². The van der Waals surface area contributed by atoms with E-state index < -0.39 is 41.4 Å². The number of anilines is 1. The van der Waals surface area contributed by atoms with Crippen LogP contribution in [0.15, 0.2) is 73.1 Å². The molecular weight excluding hydrogens is 672 g/mol. The second-order valence-electron chi connectivity index (χ2n) is 11.2. The minimum Gasteiger partial charge on any atom is -0.497 e. The third-order valence-corrected chi connectivity index (χ3v) is 9.37. The highest BCUT2D eigenvalue weighted by Gasteiger charge is 2.59. The van der Waals surface area contributed by atoms with Crippen molar-refractivity contribution in [2.24, 2.45) is 0 Å². The number of methoxy groups -OCH3 is 2. The molecule has 2 unspecified atom stereocenters. The van der Waals surface area contributed by atoms with E-state index >= 15 is 0 Å². The molecule has 248 valence electrons. The molecule has 3 aromatic carbocycles. The number of nitrogens with zero attached hydrogens (tertiary/aromatic N) is 3. The largest absolute Gasteiger partial charge is 0.573 e. The molecule has 0 saturated carbocycles. The molecule has 2 aromatic heterocycles. The number of hydrogen-bond donors (Lipinski definition) is 1. The van der Waals surface area contributed by atoms with Gasteiger partial charge in [-0.2, -0.15) is 0 Å². The number of halogens is 5. The summed E-state index contributed by atoms with van der Waals surface area (Å²) in [5.74, 6) is -1.87. The fraction of sp³-hybridized carbons (Fsp3) is 0.235. The third-order valence-electron chi connectivity index (χ3n) is 8.77. The molecule has 0 radical (unpaired) electrons. The van der Waals surface area contributed by atoms with Gasteiger partial charge in [0.15, 0.2) is 0 Å². The number of amides is 3. The molecule has 3 heterocycles. The van der Waals surface area contributed by atoms with Crippen LogP contribution in [0.25, 0.3) is 21.8 Å². The molecule has 1 N–H and O–H groups in total. The number of alkyl halides is 3. The number of urea groups is 1. The summed E-state index contributed by atoms with van der Waals surface area (Å²) in [7, 11) is 3.03. The van der Waals surface area contributed by atoms with Gasteiger partial charge in [0.25, 0.3) is 5.91 Å². The zero-order valence-corrected chi connectivity index (χ0v) is 27.4. The summed E-state index contributed by atoms with van der Waals surface area (Å²) in [6, 6.07) is 14.1. The zero-order chi connectivity index (χ0) is 34.5. The topological polar surface area (TPSA) is 103 Å². The maximum absolute atomic E-state index is 15.0. The lowest BCUT2D eigenvalue weighted by molar-refractivity contribution is -0.274. The van der Waals surface area contributed by atoms with Crippen molar-refractivity contribution in [3.05, 3.63) is 94.2 Å².